The first-order valence-corrected chi connectivity index (χ1v) is 10.7. The number of carbonyl (C=O) groups excluding carboxylic acids is 1. The summed E-state index contributed by atoms with van der Waals surface area (Å²) in [5.74, 6) is 0.116. The molecule has 0 aliphatic carbocycles. The summed E-state index contributed by atoms with van der Waals surface area (Å²) >= 11 is 0.0422. The van der Waals surface area contributed by atoms with E-state index in [9.17, 15) is 4.79 Å². The maximum atomic E-state index is 13.0. The van der Waals surface area contributed by atoms with E-state index in [1.54, 1.807) is 0 Å². The van der Waals surface area contributed by atoms with Crippen LogP contribution >= 0.6 is 0 Å². The van der Waals surface area contributed by atoms with Gasteiger partial charge in [0.05, 0.1) is 0 Å². The fourth-order valence-electron chi connectivity index (χ4n) is 3.43. The minimum atomic E-state index is -0.170. The monoisotopic (exact) mass is 408 g/mol. The topological polar surface area (TPSA) is 26.3 Å². The average molecular weight is 407 g/mol. The molecule has 3 aromatic rings. The molecule has 0 aromatic heterocycles. The Morgan fingerprint density at radius 1 is 0.731 bits per heavy atom. The van der Waals surface area contributed by atoms with Gasteiger partial charge in [0, 0.05) is 0 Å². The molecule has 3 heteroatoms. The predicted octanol–water partition coefficient (Wildman–Crippen LogP) is 4.28. The van der Waals surface area contributed by atoms with Gasteiger partial charge in [-0.05, 0) is 0 Å². The molecule has 1 fully saturated rings. The first kappa shape index (κ1) is 17.1. The van der Waals surface area contributed by atoms with Crippen LogP contribution < -0.4 is 4.46 Å². The van der Waals surface area contributed by atoms with Crippen molar-refractivity contribution < 1.29 is 9.53 Å². The number of carbonyl (C=O) groups is 1. The molecule has 0 amide bonds. The molecule has 2 nitrogen and oxygen atoms in total. The summed E-state index contributed by atoms with van der Waals surface area (Å²) in [5.41, 5.74) is 2.31. The Labute approximate surface area is 160 Å². The zero-order valence-corrected chi connectivity index (χ0v) is 16.0. The van der Waals surface area contributed by atoms with Crippen LogP contribution in [0.15, 0.2) is 91.0 Å². The standard InChI is InChI=1S/C23H20O2Se/c24-23-22(26-19-14-8-3-9-15-19)20(17-10-4-1-5-11-17)16-21(25-23)18-12-6-2-7-13-18/h1-15,20-22H,16H2/t20-,21+,22+/m0/s1. The molecular formula is C23H20O2Se. The molecule has 1 aliphatic heterocycles. The fraction of sp³-hybridized carbons (Fsp3) is 0.174. The zero-order valence-electron chi connectivity index (χ0n) is 14.3. The molecule has 1 aliphatic rings. The number of rotatable bonds is 4. The zero-order chi connectivity index (χ0) is 17.8. The molecule has 3 aromatic carbocycles. The summed E-state index contributed by atoms with van der Waals surface area (Å²) in [5, 5.41) is 0. The Kier molecular flexibility index (Phi) is 5.19. The second kappa shape index (κ2) is 7.90. The average Bonchev–Trinajstić information content (AvgIpc) is 2.71. The Morgan fingerprint density at radius 3 is 1.88 bits per heavy atom. The molecule has 1 saturated heterocycles. The van der Waals surface area contributed by atoms with Gasteiger partial charge in [-0.15, -0.1) is 0 Å². The summed E-state index contributed by atoms with van der Waals surface area (Å²) in [6.07, 6.45) is 0.663. The first-order chi connectivity index (χ1) is 12.8. The van der Waals surface area contributed by atoms with E-state index in [1.807, 2.05) is 54.6 Å². The predicted molar refractivity (Wildman–Crippen MR) is 105 cm³/mol. The summed E-state index contributed by atoms with van der Waals surface area (Å²) in [6, 6.07) is 30.8. The van der Waals surface area contributed by atoms with Crippen LogP contribution in [0.1, 0.15) is 29.6 Å². The van der Waals surface area contributed by atoms with Crippen LogP contribution in [0.25, 0.3) is 0 Å². The van der Waals surface area contributed by atoms with Crippen molar-refractivity contribution in [1.82, 2.24) is 0 Å². The van der Waals surface area contributed by atoms with E-state index in [0.717, 1.165) is 12.0 Å². The molecule has 0 radical (unpaired) electrons. The molecule has 1 heterocycles. The van der Waals surface area contributed by atoms with Crippen molar-refractivity contribution in [2.24, 2.45) is 0 Å². The van der Waals surface area contributed by atoms with Crippen molar-refractivity contribution in [2.75, 3.05) is 0 Å². The first-order valence-electron chi connectivity index (χ1n) is 8.83. The van der Waals surface area contributed by atoms with E-state index in [1.165, 1.54) is 10.0 Å². The summed E-state index contributed by atoms with van der Waals surface area (Å²) in [7, 11) is 0. The molecule has 0 N–H and O–H groups in total. The van der Waals surface area contributed by atoms with Crippen LogP contribution in [-0.4, -0.2) is 20.9 Å². The Hall–Kier alpha value is -2.35. The van der Waals surface area contributed by atoms with Gasteiger partial charge in [-0.25, -0.2) is 0 Å². The molecule has 0 unspecified atom stereocenters. The molecule has 0 spiro atoms. The van der Waals surface area contributed by atoms with Crippen molar-refractivity contribution in [3.8, 4) is 0 Å². The van der Waals surface area contributed by atoms with E-state index in [-0.39, 0.29) is 37.8 Å². The van der Waals surface area contributed by atoms with Crippen LogP contribution in [0.3, 0.4) is 0 Å². The van der Waals surface area contributed by atoms with Gasteiger partial charge >= 0.3 is 160 Å². The number of ether oxygens (including phenoxy) is 1. The second-order valence-electron chi connectivity index (χ2n) is 6.44. The van der Waals surface area contributed by atoms with Crippen LogP contribution in [0.5, 0.6) is 0 Å². The van der Waals surface area contributed by atoms with E-state index in [2.05, 4.69) is 36.4 Å². The van der Waals surface area contributed by atoms with Crippen molar-refractivity contribution in [3.05, 3.63) is 102 Å². The van der Waals surface area contributed by atoms with Gasteiger partial charge in [-0.2, -0.15) is 0 Å². The summed E-state index contributed by atoms with van der Waals surface area (Å²) in [6.45, 7) is 0. The van der Waals surface area contributed by atoms with E-state index >= 15 is 0 Å². The molecule has 130 valence electrons. The van der Waals surface area contributed by atoms with Gasteiger partial charge in [0.25, 0.3) is 0 Å². The quantitative estimate of drug-likeness (QED) is 0.477. The molecular weight excluding hydrogens is 387 g/mol. The SMILES string of the molecule is O=C1O[C@@H](c2ccccc2)C[C@@H](c2ccccc2)[C@H]1[Se]c1ccccc1. The number of cyclic esters (lactones) is 1. The van der Waals surface area contributed by atoms with Gasteiger partial charge in [0.2, 0.25) is 0 Å². The maximum absolute atomic E-state index is 13.0. The Morgan fingerprint density at radius 2 is 1.27 bits per heavy atom. The number of esters is 1. The van der Waals surface area contributed by atoms with Crippen LogP contribution in [0.4, 0.5) is 0 Å². The third-order valence-electron chi connectivity index (χ3n) is 4.73. The van der Waals surface area contributed by atoms with Crippen molar-refractivity contribution in [1.29, 1.82) is 0 Å². The molecule has 0 saturated carbocycles. The van der Waals surface area contributed by atoms with Crippen molar-refractivity contribution >= 4 is 25.4 Å². The number of benzene rings is 3. The summed E-state index contributed by atoms with van der Waals surface area (Å²) in [4.78, 5) is 12.9. The van der Waals surface area contributed by atoms with Crippen molar-refractivity contribution in [3.63, 3.8) is 0 Å². The van der Waals surface area contributed by atoms with Crippen molar-refractivity contribution in [2.45, 2.75) is 23.3 Å². The molecule has 4 rings (SSSR count). The normalized spacial score (nSPS) is 22.6. The fourth-order valence-corrected chi connectivity index (χ4v) is 5.93. The minimum absolute atomic E-state index is 0.0422. The third-order valence-corrected chi connectivity index (χ3v) is 7.50. The molecule has 0 bridgehead atoms. The van der Waals surface area contributed by atoms with Crippen LogP contribution in [-0.2, 0) is 9.53 Å². The van der Waals surface area contributed by atoms with E-state index in [0.29, 0.717) is 0 Å². The molecule has 3 atom stereocenters. The number of hydrogen-bond donors (Lipinski definition) is 0. The Balaban J connectivity index is 1.65. The molecule has 26 heavy (non-hydrogen) atoms. The third kappa shape index (κ3) is 3.74. The van der Waals surface area contributed by atoms with E-state index < -0.39 is 0 Å². The second-order valence-corrected chi connectivity index (χ2v) is 8.99. The van der Waals surface area contributed by atoms with Gasteiger partial charge in [0.1, 0.15) is 0 Å². The van der Waals surface area contributed by atoms with Crippen LogP contribution in [0.2, 0.25) is 4.82 Å². The Bertz CT molecular complexity index is 849. The van der Waals surface area contributed by atoms with Gasteiger partial charge < -0.3 is 0 Å². The van der Waals surface area contributed by atoms with Crippen LogP contribution in [0, 0.1) is 0 Å². The van der Waals surface area contributed by atoms with Gasteiger partial charge in [-0.3, -0.25) is 0 Å². The summed E-state index contributed by atoms with van der Waals surface area (Å²) < 4.78 is 7.12. The van der Waals surface area contributed by atoms with Gasteiger partial charge in [-0.1, -0.05) is 0 Å². The van der Waals surface area contributed by atoms with E-state index in [4.69, 9.17) is 4.74 Å². The number of hydrogen-bond acceptors (Lipinski definition) is 2. The van der Waals surface area contributed by atoms with Gasteiger partial charge in [0.15, 0.2) is 0 Å².